The van der Waals surface area contributed by atoms with Crippen LogP contribution in [0.2, 0.25) is 0 Å². The van der Waals surface area contributed by atoms with Crippen LogP contribution in [0, 0.1) is 0 Å². The third kappa shape index (κ3) is 1.84. The lowest BCUT2D eigenvalue weighted by molar-refractivity contribution is -0.142. The predicted molar refractivity (Wildman–Crippen MR) is 45.4 cm³/mol. The summed E-state index contributed by atoms with van der Waals surface area (Å²) in [6.07, 6.45) is 1.76. The molecule has 1 fully saturated rings. The molecule has 1 saturated heterocycles. The largest absolute Gasteiger partial charge is 0.389 e. The van der Waals surface area contributed by atoms with Crippen molar-refractivity contribution in [2.24, 2.45) is 5.73 Å². The SMILES string of the molecule is C=CCC(N)C(=O)N1CC(O)C1. The lowest BCUT2D eigenvalue weighted by Crippen LogP contribution is -2.57. The van der Waals surface area contributed by atoms with Crippen LogP contribution in [0.25, 0.3) is 0 Å². The van der Waals surface area contributed by atoms with Gasteiger partial charge in [0.05, 0.1) is 12.1 Å². The van der Waals surface area contributed by atoms with Gasteiger partial charge >= 0.3 is 0 Å². The first-order chi connectivity index (χ1) is 5.65. The fraction of sp³-hybridized carbons (Fsp3) is 0.625. The number of hydrogen-bond acceptors (Lipinski definition) is 3. The second-order valence-corrected chi connectivity index (χ2v) is 3.03. The highest BCUT2D eigenvalue weighted by Crippen LogP contribution is 2.09. The number of carbonyl (C=O) groups excluding carboxylic acids is 1. The molecule has 68 valence electrons. The van der Waals surface area contributed by atoms with Crippen molar-refractivity contribution in [1.29, 1.82) is 0 Å². The zero-order valence-corrected chi connectivity index (χ0v) is 6.94. The van der Waals surface area contributed by atoms with Gasteiger partial charge in [0.1, 0.15) is 0 Å². The second-order valence-electron chi connectivity index (χ2n) is 3.03. The van der Waals surface area contributed by atoms with Crippen molar-refractivity contribution in [3.8, 4) is 0 Å². The second kappa shape index (κ2) is 3.69. The van der Waals surface area contributed by atoms with Crippen LogP contribution in [0.1, 0.15) is 6.42 Å². The van der Waals surface area contributed by atoms with Gasteiger partial charge in [0, 0.05) is 13.1 Å². The minimum absolute atomic E-state index is 0.0970. The zero-order valence-electron chi connectivity index (χ0n) is 6.94. The Kier molecular flexibility index (Phi) is 2.83. The Morgan fingerprint density at radius 2 is 2.42 bits per heavy atom. The van der Waals surface area contributed by atoms with Crippen LogP contribution in [-0.4, -0.2) is 41.1 Å². The van der Waals surface area contributed by atoms with Gasteiger partial charge in [-0.15, -0.1) is 6.58 Å². The maximum Gasteiger partial charge on any atom is 0.239 e. The fourth-order valence-corrected chi connectivity index (χ4v) is 1.15. The van der Waals surface area contributed by atoms with E-state index in [1.807, 2.05) is 0 Å². The van der Waals surface area contributed by atoms with Gasteiger partial charge in [-0.2, -0.15) is 0 Å². The van der Waals surface area contributed by atoms with Gasteiger partial charge in [0.15, 0.2) is 0 Å². The summed E-state index contributed by atoms with van der Waals surface area (Å²) in [5.41, 5.74) is 5.54. The van der Waals surface area contributed by atoms with E-state index in [4.69, 9.17) is 10.8 Å². The van der Waals surface area contributed by atoms with E-state index in [0.29, 0.717) is 19.5 Å². The molecule has 3 N–H and O–H groups in total. The Morgan fingerprint density at radius 1 is 1.83 bits per heavy atom. The van der Waals surface area contributed by atoms with E-state index in [-0.39, 0.29) is 12.0 Å². The van der Waals surface area contributed by atoms with E-state index in [1.54, 1.807) is 11.0 Å². The molecule has 12 heavy (non-hydrogen) atoms. The molecule has 0 aromatic heterocycles. The van der Waals surface area contributed by atoms with Crippen LogP contribution in [-0.2, 0) is 4.79 Å². The molecule has 0 aliphatic carbocycles. The number of nitrogens with two attached hydrogens (primary N) is 1. The van der Waals surface area contributed by atoms with E-state index < -0.39 is 6.04 Å². The molecule has 0 aromatic rings. The van der Waals surface area contributed by atoms with Crippen LogP contribution in [0.15, 0.2) is 12.7 Å². The third-order valence-electron chi connectivity index (χ3n) is 1.91. The molecule has 0 bridgehead atoms. The molecule has 1 aliphatic rings. The molecular weight excluding hydrogens is 156 g/mol. The van der Waals surface area contributed by atoms with Crippen LogP contribution in [0.3, 0.4) is 0 Å². The quantitative estimate of drug-likeness (QED) is 0.539. The number of likely N-dealkylation sites (tertiary alicyclic amines) is 1. The highest BCUT2D eigenvalue weighted by molar-refractivity contribution is 5.82. The number of amides is 1. The van der Waals surface area contributed by atoms with Gasteiger partial charge in [0.2, 0.25) is 5.91 Å². The maximum atomic E-state index is 11.3. The summed E-state index contributed by atoms with van der Waals surface area (Å²) in [7, 11) is 0. The molecule has 1 unspecified atom stereocenters. The summed E-state index contributed by atoms with van der Waals surface area (Å²) in [6.45, 7) is 4.34. The molecule has 1 aliphatic heterocycles. The van der Waals surface area contributed by atoms with E-state index in [0.717, 1.165) is 0 Å². The van der Waals surface area contributed by atoms with E-state index in [9.17, 15) is 4.79 Å². The fourth-order valence-electron chi connectivity index (χ4n) is 1.15. The van der Waals surface area contributed by atoms with Crippen LogP contribution < -0.4 is 5.73 Å². The van der Waals surface area contributed by atoms with Crippen LogP contribution >= 0.6 is 0 Å². The van der Waals surface area contributed by atoms with Gasteiger partial charge in [-0.1, -0.05) is 6.08 Å². The van der Waals surface area contributed by atoms with E-state index in [1.165, 1.54) is 0 Å². The first-order valence-corrected chi connectivity index (χ1v) is 3.98. The number of hydrogen-bond donors (Lipinski definition) is 2. The van der Waals surface area contributed by atoms with Crippen LogP contribution in [0.4, 0.5) is 0 Å². The Labute approximate surface area is 71.7 Å². The monoisotopic (exact) mass is 170 g/mol. The molecule has 1 amide bonds. The van der Waals surface area contributed by atoms with Crippen molar-refractivity contribution in [3.05, 3.63) is 12.7 Å². The standard InChI is InChI=1S/C8H14N2O2/c1-2-3-7(9)8(12)10-4-6(11)5-10/h2,6-7,11H,1,3-5,9H2. The Hall–Kier alpha value is -0.870. The zero-order chi connectivity index (χ0) is 9.14. The third-order valence-corrected chi connectivity index (χ3v) is 1.91. The minimum atomic E-state index is -0.491. The normalized spacial score (nSPS) is 20.0. The summed E-state index contributed by atoms with van der Waals surface area (Å²) in [5.74, 6) is -0.0970. The smallest absolute Gasteiger partial charge is 0.239 e. The number of aliphatic hydroxyl groups excluding tert-OH is 1. The summed E-state index contributed by atoms with van der Waals surface area (Å²) in [5, 5.41) is 8.92. The number of β-amino-alcohol motifs (C(OH)–C–C–N with tert-alkyl or cyclic N) is 1. The van der Waals surface area contributed by atoms with Crippen molar-refractivity contribution in [3.63, 3.8) is 0 Å². The minimum Gasteiger partial charge on any atom is -0.389 e. The Morgan fingerprint density at radius 3 is 2.83 bits per heavy atom. The van der Waals surface area contributed by atoms with E-state index >= 15 is 0 Å². The van der Waals surface area contributed by atoms with Gasteiger partial charge in [-0.05, 0) is 6.42 Å². The Bertz CT molecular complexity index is 187. The first-order valence-electron chi connectivity index (χ1n) is 3.98. The molecule has 0 spiro atoms. The lowest BCUT2D eigenvalue weighted by Gasteiger charge is -2.37. The highest BCUT2D eigenvalue weighted by Gasteiger charge is 2.31. The lowest BCUT2D eigenvalue weighted by atomic mass is 10.1. The summed E-state index contributed by atoms with van der Waals surface area (Å²) < 4.78 is 0. The number of aliphatic hydroxyl groups is 1. The summed E-state index contributed by atoms with van der Waals surface area (Å²) in [4.78, 5) is 12.9. The molecule has 1 heterocycles. The van der Waals surface area contributed by atoms with Gasteiger partial charge in [-0.3, -0.25) is 4.79 Å². The molecule has 0 radical (unpaired) electrons. The average molecular weight is 170 g/mol. The maximum absolute atomic E-state index is 11.3. The summed E-state index contributed by atoms with van der Waals surface area (Å²) >= 11 is 0. The van der Waals surface area contributed by atoms with Gasteiger partial charge in [0.25, 0.3) is 0 Å². The molecule has 1 rings (SSSR count). The first kappa shape index (κ1) is 9.22. The number of nitrogens with zero attached hydrogens (tertiary/aromatic N) is 1. The van der Waals surface area contributed by atoms with Crippen molar-refractivity contribution in [2.45, 2.75) is 18.6 Å². The molecule has 4 heteroatoms. The highest BCUT2D eigenvalue weighted by atomic mass is 16.3. The number of carbonyl (C=O) groups is 1. The van der Waals surface area contributed by atoms with Crippen LogP contribution in [0.5, 0.6) is 0 Å². The topological polar surface area (TPSA) is 66.6 Å². The number of rotatable bonds is 3. The molecular formula is C8H14N2O2. The molecule has 1 atom stereocenters. The predicted octanol–water partition coefficient (Wildman–Crippen LogP) is -0.907. The Balaban J connectivity index is 2.32. The van der Waals surface area contributed by atoms with Crippen molar-refractivity contribution < 1.29 is 9.90 Å². The molecule has 0 saturated carbocycles. The summed E-state index contributed by atoms with van der Waals surface area (Å²) in [6, 6.07) is -0.491. The molecule has 0 aromatic carbocycles. The van der Waals surface area contributed by atoms with Gasteiger partial charge < -0.3 is 15.7 Å². The van der Waals surface area contributed by atoms with Crippen molar-refractivity contribution >= 4 is 5.91 Å². The van der Waals surface area contributed by atoms with E-state index in [2.05, 4.69) is 6.58 Å². The molecule has 4 nitrogen and oxygen atoms in total. The van der Waals surface area contributed by atoms with Crippen molar-refractivity contribution in [1.82, 2.24) is 4.90 Å². The van der Waals surface area contributed by atoms with Crippen molar-refractivity contribution in [2.75, 3.05) is 13.1 Å². The average Bonchev–Trinajstić information content (AvgIpc) is 1.98. The van der Waals surface area contributed by atoms with Gasteiger partial charge in [-0.25, -0.2) is 0 Å².